The fraction of sp³-hybridized carbons (Fsp3) is 0.0385. The summed E-state index contributed by atoms with van der Waals surface area (Å²) in [7, 11) is 1.64. The summed E-state index contributed by atoms with van der Waals surface area (Å²) >= 11 is 5.97. The van der Waals surface area contributed by atoms with Crippen LogP contribution in [0.5, 0.6) is 5.75 Å². The molecule has 2 aromatic heterocycles. The molecule has 0 aliphatic carbocycles. The molecule has 0 atom stereocenters. The molecule has 1 N–H and O–H groups in total. The van der Waals surface area contributed by atoms with E-state index in [1.807, 2.05) is 54.6 Å². The van der Waals surface area contributed by atoms with Crippen molar-refractivity contribution in [2.45, 2.75) is 0 Å². The Labute approximate surface area is 194 Å². The zero-order valence-corrected chi connectivity index (χ0v) is 18.3. The van der Waals surface area contributed by atoms with E-state index < -0.39 is 5.82 Å². The lowest BCUT2D eigenvalue weighted by Crippen LogP contribution is -2.00. The number of rotatable bonds is 5. The zero-order valence-electron chi connectivity index (χ0n) is 17.6. The highest BCUT2D eigenvalue weighted by Crippen LogP contribution is 2.32. The molecule has 5 aromatic rings. The van der Waals surface area contributed by atoms with Crippen LogP contribution in [0.15, 0.2) is 85.2 Å². The van der Waals surface area contributed by atoms with Crippen LogP contribution in [0.25, 0.3) is 33.4 Å². The van der Waals surface area contributed by atoms with Gasteiger partial charge >= 0.3 is 0 Å². The van der Waals surface area contributed by atoms with Crippen LogP contribution < -0.4 is 10.1 Å². The number of fused-ring (bicyclic) bond motifs is 1. The summed E-state index contributed by atoms with van der Waals surface area (Å²) in [6.45, 7) is 0. The lowest BCUT2D eigenvalue weighted by Gasteiger charge is -2.13. The molecule has 162 valence electrons. The van der Waals surface area contributed by atoms with E-state index in [9.17, 15) is 4.39 Å². The fourth-order valence-corrected chi connectivity index (χ4v) is 3.70. The van der Waals surface area contributed by atoms with Crippen molar-refractivity contribution in [3.8, 4) is 28.3 Å². The number of pyridine rings is 1. The second kappa shape index (κ2) is 8.84. The van der Waals surface area contributed by atoms with Gasteiger partial charge in [-0.05, 0) is 65.7 Å². The summed E-state index contributed by atoms with van der Waals surface area (Å²) in [4.78, 5) is 13.7. The van der Waals surface area contributed by atoms with Crippen molar-refractivity contribution in [3.05, 3.63) is 96.0 Å². The third-order valence-corrected chi connectivity index (χ3v) is 5.51. The number of hydrogen-bond donors (Lipinski definition) is 1. The molecule has 0 radical (unpaired) electrons. The Hall–Kier alpha value is -4.03. The molecule has 0 amide bonds. The van der Waals surface area contributed by atoms with Gasteiger partial charge in [-0.25, -0.2) is 14.4 Å². The highest BCUT2D eigenvalue weighted by molar-refractivity contribution is 6.31. The Morgan fingerprint density at radius 1 is 0.879 bits per heavy atom. The first kappa shape index (κ1) is 20.8. The highest BCUT2D eigenvalue weighted by Gasteiger charge is 2.12. The van der Waals surface area contributed by atoms with E-state index in [1.165, 1.54) is 12.1 Å². The monoisotopic (exact) mass is 456 g/mol. The number of halogens is 2. The van der Waals surface area contributed by atoms with Crippen LogP contribution >= 0.6 is 11.6 Å². The topological polar surface area (TPSA) is 59.9 Å². The van der Waals surface area contributed by atoms with Crippen LogP contribution in [0.2, 0.25) is 5.02 Å². The second-order valence-electron chi connectivity index (χ2n) is 7.35. The van der Waals surface area contributed by atoms with Crippen molar-refractivity contribution in [3.63, 3.8) is 0 Å². The first-order chi connectivity index (χ1) is 16.1. The molecule has 0 spiro atoms. The molecule has 5 rings (SSSR count). The van der Waals surface area contributed by atoms with Crippen LogP contribution in [0.3, 0.4) is 0 Å². The maximum atomic E-state index is 13.6. The Balaban J connectivity index is 1.64. The minimum Gasteiger partial charge on any atom is -0.497 e. The summed E-state index contributed by atoms with van der Waals surface area (Å²) in [6, 6.07) is 22.0. The van der Waals surface area contributed by atoms with Crippen molar-refractivity contribution in [1.29, 1.82) is 0 Å². The van der Waals surface area contributed by atoms with Gasteiger partial charge in [0.05, 0.1) is 17.6 Å². The molecular formula is C26H18ClFN4O. The van der Waals surface area contributed by atoms with Gasteiger partial charge < -0.3 is 10.1 Å². The first-order valence-corrected chi connectivity index (χ1v) is 10.6. The van der Waals surface area contributed by atoms with Crippen molar-refractivity contribution in [2.75, 3.05) is 12.4 Å². The molecule has 33 heavy (non-hydrogen) atoms. The number of hydrogen-bond acceptors (Lipinski definition) is 5. The maximum Gasteiger partial charge on any atom is 0.163 e. The Bertz CT molecular complexity index is 1440. The molecule has 0 aliphatic heterocycles. The summed E-state index contributed by atoms with van der Waals surface area (Å²) in [5.41, 5.74) is 4.22. The molecule has 5 nitrogen and oxygen atoms in total. The molecule has 0 bridgehead atoms. The molecule has 2 heterocycles. The second-order valence-corrected chi connectivity index (χ2v) is 7.76. The Kier molecular flexibility index (Phi) is 5.59. The SMILES string of the molecule is COc1ccc(-c2ccc3c(Nc4ccc(F)c(Cl)c4)nc(-c4cccnc4)nc3c2)cc1. The molecular weight excluding hydrogens is 439 g/mol. The van der Waals surface area contributed by atoms with E-state index in [0.29, 0.717) is 17.3 Å². The number of methoxy groups -OCH3 is 1. The van der Waals surface area contributed by atoms with E-state index in [0.717, 1.165) is 33.3 Å². The third kappa shape index (κ3) is 4.33. The van der Waals surface area contributed by atoms with Crippen molar-refractivity contribution in [1.82, 2.24) is 15.0 Å². The van der Waals surface area contributed by atoms with Gasteiger partial charge in [-0.1, -0.05) is 29.8 Å². The summed E-state index contributed by atoms with van der Waals surface area (Å²) in [5, 5.41) is 4.11. The van der Waals surface area contributed by atoms with Crippen molar-refractivity contribution in [2.24, 2.45) is 0 Å². The number of aromatic nitrogens is 3. The number of nitrogens with zero attached hydrogens (tertiary/aromatic N) is 3. The minimum atomic E-state index is -0.477. The number of ether oxygens (including phenoxy) is 1. The number of benzene rings is 3. The molecule has 0 saturated carbocycles. The van der Waals surface area contributed by atoms with Crippen molar-refractivity contribution >= 4 is 34.0 Å². The van der Waals surface area contributed by atoms with E-state index >= 15 is 0 Å². The summed E-state index contributed by atoms with van der Waals surface area (Å²) in [6.07, 6.45) is 3.42. The van der Waals surface area contributed by atoms with Crippen LogP contribution in [-0.4, -0.2) is 22.1 Å². The van der Waals surface area contributed by atoms with Gasteiger partial charge in [0.25, 0.3) is 0 Å². The third-order valence-electron chi connectivity index (χ3n) is 5.22. The van der Waals surface area contributed by atoms with E-state index in [1.54, 1.807) is 25.6 Å². The van der Waals surface area contributed by atoms with Gasteiger partial charge in [-0.2, -0.15) is 0 Å². The van der Waals surface area contributed by atoms with Gasteiger partial charge in [0.15, 0.2) is 5.82 Å². The summed E-state index contributed by atoms with van der Waals surface area (Å²) < 4.78 is 18.9. The zero-order chi connectivity index (χ0) is 22.8. The van der Waals surface area contributed by atoms with Crippen LogP contribution in [0, 0.1) is 5.82 Å². The molecule has 0 aliphatic rings. The predicted octanol–water partition coefficient (Wildman–Crippen LogP) is 6.90. The van der Waals surface area contributed by atoms with E-state index in [2.05, 4.69) is 10.3 Å². The molecule has 0 unspecified atom stereocenters. The lowest BCUT2D eigenvalue weighted by molar-refractivity contribution is 0.415. The largest absolute Gasteiger partial charge is 0.497 e. The van der Waals surface area contributed by atoms with Gasteiger partial charge in [0.2, 0.25) is 0 Å². The first-order valence-electron chi connectivity index (χ1n) is 10.2. The van der Waals surface area contributed by atoms with Gasteiger partial charge in [0, 0.05) is 29.0 Å². The molecule has 0 saturated heterocycles. The average Bonchev–Trinajstić information content (AvgIpc) is 2.86. The van der Waals surface area contributed by atoms with Gasteiger partial charge in [0.1, 0.15) is 17.4 Å². The maximum absolute atomic E-state index is 13.6. The molecule has 3 aromatic carbocycles. The standard InChI is InChI=1S/C26H18ClFN4O/c1-33-20-8-4-16(5-9-20)17-6-10-21-24(13-17)31-25(18-3-2-12-29-15-18)32-26(21)30-19-7-11-23(28)22(27)14-19/h2-15H,1H3,(H,30,31,32). The molecule has 0 fully saturated rings. The highest BCUT2D eigenvalue weighted by atomic mass is 35.5. The van der Waals surface area contributed by atoms with E-state index in [4.69, 9.17) is 26.3 Å². The molecule has 7 heteroatoms. The van der Waals surface area contributed by atoms with Crippen LogP contribution in [-0.2, 0) is 0 Å². The number of nitrogens with one attached hydrogen (secondary N) is 1. The van der Waals surface area contributed by atoms with Crippen molar-refractivity contribution < 1.29 is 9.13 Å². The van der Waals surface area contributed by atoms with E-state index in [-0.39, 0.29) is 5.02 Å². The lowest BCUT2D eigenvalue weighted by atomic mass is 10.0. The average molecular weight is 457 g/mol. The number of anilines is 2. The quantitative estimate of drug-likeness (QED) is 0.311. The predicted molar refractivity (Wildman–Crippen MR) is 129 cm³/mol. The smallest absolute Gasteiger partial charge is 0.163 e. The Morgan fingerprint density at radius 2 is 1.70 bits per heavy atom. The summed E-state index contributed by atoms with van der Waals surface area (Å²) in [5.74, 6) is 1.43. The van der Waals surface area contributed by atoms with Gasteiger partial charge in [-0.15, -0.1) is 0 Å². The Morgan fingerprint density at radius 3 is 2.42 bits per heavy atom. The van der Waals surface area contributed by atoms with Crippen LogP contribution in [0.4, 0.5) is 15.9 Å². The normalized spacial score (nSPS) is 10.9. The van der Waals surface area contributed by atoms with Crippen LogP contribution in [0.1, 0.15) is 0 Å². The van der Waals surface area contributed by atoms with Gasteiger partial charge in [-0.3, -0.25) is 4.98 Å². The minimum absolute atomic E-state index is 0.0348. The fourth-order valence-electron chi connectivity index (χ4n) is 3.52.